The maximum Gasteiger partial charge on any atom is 0.250 e. The van der Waals surface area contributed by atoms with Crippen molar-refractivity contribution in [2.24, 2.45) is 5.73 Å². The molecule has 19 heavy (non-hydrogen) atoms. The Kier molecular flexibility index (Phi) is 6.38. The van der Waals surface area contributed by atoms with Crippen LogP contribution in [0.5, 0.6) is 0 Å². The Balaban J connectivity index is 2.66. The lowest BCUT2D eigenvalue weighted by atomic mass is 10.1. The number of nitrogens with two attached hydrogens (primary N) is 1. The normalized spacial score (nSPS) is 13.4. The van der Waals surface area contributed by atoms with Crippen molar-refractivity contribution in [3.63, 3.8) is 0 Å². The topological polar surface area (TPSA) is 72.2 Å². The molecule has 0 aromatic carbocycles. The Morgan fingerprint density at radius 3 is 2.68 bits per heavy atom. The maximum absolute atomic E-state index is 12.1. The second-order valence-corrected chi connectivity index (χ2v) is 7.97. The molecule has 7 heteroatoms. The van der Waals surface area contributed by atoms with Crippen LogP contribution >= 0.6 is 23.6 Å². The van der Waals surface area contributed by atoms with E-state index in [-0.39, 0.29) is 15.2 Å². The van der Waals surface area contributed by atoms with E-state index in [0.717, 1.165) is 37.0 Å². The molecule has 0 radical (unpaired) electrons. The summed E-state index contributed by atoms with van der Waals surface area (Å²) >= 11 is 5.93. The van der Waals surface area contributed by atoms with Crippen LogP contribution in [0.1, 0.15) is 44.4 Å². The number of hydrogen-bond donors (Lipinski definition) is 2. The van der Waals surface area contributed by atoms with E-state index >= 15 is 0 Å². The molecule has 0 aliphatic heterocycles. The zero-order valence-corrected chi connectivity index (χ0v) is 13.6. The average molecular weight is 321 g/mol. The molecule has 0 amide bonds. The van der Waals surface area contributed by atoms with E-state index in [1.165, 1.54) is 0 Å². The van der Waals surface area contributed by atoms with Crippen LogP contribution in [0.15, 0.2) is 16.3 Å². The standard InChI is InChI=1S/C12H20N2O2S3/c1-3-4-5-6-9(2)14-19(15,16)11-8-7-10(18-11)12(13)17/h7-9,14H,3-6H2,1-2H3,(H2,13,17). The van der Waals surface area contributed by atoms with Gasteiger partial charge in [-0.3, -0.25) is 0 Å². The van der Waals surface area contributed by atoms with Gasteiger partial charge in [-0.05, 0) is 25.5 Å². The first-order valence-electron chi connectivity index (χ1n) is 6.28. The molecule has 0 fully saturated rings. The Morgan fingerprint density at radius 2 is 2.16 bits per heavy atom. The second-order valence-electron chi connectivity index (χ2n) is 4.50. The van der Waals surface area contributed by atoms with Crippen LogP contribution in [-0.2, 0) is 10.0 Å². The van der Waals surface area contributed by atoms with Crippen LogP contribution in [0.2, 0.25) is 0 Å². The lowest BCUT2D eigenvalue weighted by Gasteiger charge is -2.12. The fourth-order valence-electron chi connectivity index (χ4n) is 1.68. The van der Waals surface area contributed by atoms with Gasteiger partial charge in [0.2, 0.25) is 10.0 Å². The smallest absolute Gasteiger partial charge is 0.250 e. The molecule has 0 aliphatic carbocycles. The predicted octanol–water partition coefficient (Wildman–Crippen LogP) is 2.63. The minimum absolute atomic E-state index is 0.0630. The highest BCUT2D eigenvalue weighted by Gasteiger charge is 2.19. The van der Waals surface area contributed by atoms with Gasteiger partial charge in [-0.1, -0.05) is 38.4 Å². The van der Waals surface area contributed by atoms with Gasteiger partial charge in [0, 0.05) is 6.04 Å². The van der Waals surface area contributed by atoms with E-state index in [4.69, 9.17) is 18.0 Å². The zero-order chi connectivity index (χ0) is 14.5. The molecule has 1 rings (SSSR count). The van der Waals surface area contributed by atoms with Gasteiger partial charge < -0.3 is 5.73 Å². The third-order valence-electron chi connectivity index (χ3n) is 2.69. The summed E-state index contributed by atoms with van der Waals surface area (Å²) < 4.78 is 27.2. The molecule has 0 spiro atoms. The highest BCUT2D eigenvalue weighted by atomic mass is 32.2. The summed E-state index contributed by atoms with van der Waals surface area (Å²) in [5, 5.41) is 0. The van der Waals surface area contributed by atoms with Crippen LogP contribution in [0.4, 0.5) is 0 Å². The summed E-state index contributed by atoms with van der Waals surface area (Å²) in [6.45, 7) is 4.01. The van der Waals surface area contributed by atoms with E-state index < -0.39 is 10.0 Å². The van der Waals surface area contributed by atoms with Crippen molar-refractivity contribution in [1.82, 2.24) is 4.72 Å². The first-order chi connectivity index (χ1) is 8.86. The van der Waals surface area contributed by atoms with E-state index in [0.29, 0.717) is 4.88 Å². The number of nitrogens with one attached hydrogen (secondary N) is 1. The van der Waals surface area contributed by atoms with Gasteiger partial charge in [0.25, 0.3) is 0 Å². The summed E-state index contributed by atoms with van der Waals surface area (Å²) in [4.78, 5) is 0.844. The first-order valence-corrected chi connectivity index (χ1v) is 8.99. The summed E-state index contributed by atoms with van der Waals surface area (Å²) in [5.41, 5.74) is 5.48. The molecule has 1 atom stereocenters. The van der Waals surface area contributed by atoms with Crippen molar-refractivity contribution in [3.8, 4) is 0 Å². The van der Waals surface area contributed by atoms with E-state index in [1.807, 2.05) is 6.92 Å². The fourth-order valence-corrected chi connectivity index (χ4v) is 4.33. The predicted molar refractivity (Wildman–Crippen MR) is 84.1 cm³/mol. The van der Waals surface area contributed by atoms with Crippen molar-refractivity contribution in [1.29, 1.82) is 0 Å². The SMILES string of the molecule is CCCCCC(C)NS(=O)(=O)c1ccc(C(N)=S)s1. The third-order valence-corrected chi connectivity index (χ3v) is 6.24. The summed E-state index contributed by atoms with van der Waals surface area (Å²) in [6, 6.07) is 3.12. The summed E-state index contributed by atoms with van der Waals surface area (Å²) in [7, 11) is -3.46. The van der Waals surface area contributed by atoms with Crippen molar-refractivity contribution in [2.75, 3.05) is 0 Å². The molecule has 1 heterocycles. The third kappa shape index (κ3) is 5.18. The second kappa shape index (κ2) is 7.33. The molecule has 0 aliphatic rings. The van der Waals surface area contributed by atoms with Gasteiger partial charge in [0.05, 0.1) is 4.88 Å². The molecule has 4 nitrogen and oxygen atoms in total. The molecule has 0 saturated heterocycles. The van der Waals surface area contributed by atoms with Gasteiger partial charge in [-0.2, -0.15) is 0 Å². The monoisotopic (exact) mass is 320 g/mol. The van der Waals surface area contributed by atoms with Crippen LogP contribution < -0.4 is 10.5 Å². The number of sulfonamides is 1. The highest BCUT2D eigenvalue weighted by molar-refractivity contribution is 7.91. The zero-order valence-electron chi connectivity index (χ0n) is 11.2. The Labute approximate surface area is 124 Å². The number of thiocarbonyl (C=S) groups is 1. The van der Waals surface area contributed by atoms with Crippen molar-refractivity contribution in [2.45, 2.75) is 49.8 Å². The lowest BCUT2D eigenvalue weighted by Crippen LogP contribution is -2.32. The molecular weight excluding hydrogens is 300 g/mol. The minimum Gasteiger partial charge on any atom is -0.389 e. The van der Waals surface area contributed by atoms with Gasteiger partial charge in [0.15, 0.2) is 0 Å². The molecular formula is C12H20N2O2S3. The Bertz CT molecular complexity index is 523. The maximum atomic E-state index is 12.1. The molecule has 0 saturated carbocycles. The number of rotatable bonds is 8. The van der Waals surface area contributed by atoms with Crippen LogP contribution in [0.25, 0.3) is 0 Å². The minimum atomic E-state index is -3.46. The van der Waals surface area contributed by atoms with Crippen molar-refractivity contribution in [3.05, 3.63) is 17.0 Å². The Hall–Kier alpha value is -0.500. The number of unbranched alkanes of at least 4 members (excludes halogenated alkanes) is 2. The van der Waals surface area contributed by atoms with Crippen LogP contribution in [0, 0.1) is 0 Å². The van der Waals surface area contributed by atoms with Gasteiger partial charge in [-0.15, -0.1) is 11.3 Å². The molecule has 0 bridgehead atoms. The van der Waals surface area contributed by atoms with Crippen molar-refractivity contribution < 1.29 is 8.42 Å². The largest absolute Gasteiger partial charge is 0.389 e. The van der Waals surface area contributed by atoms with E-state index in [1.54, 1.807) is 12.1 Å². The van der Waals surface area contributed by atoms with E-state index in [2.05, 4.69) is 11.6 Å². The number of thiophene rings is 1. The average Bonchev–Trinajstić information content (AvgIpc) is 2.78. The first kappa shape index (κ1) is 16.6. The summed E-state index contributed by atoms with van der Waals surface area (Å²) in [5.74, 6) is 0. The van der Waals surface area contributed by atoms with Crippen LogP contribution in [-0.4, -0.2) is 19.4 Å². The highest BCUT2D eigenvalue weighted by Crippen LogP contribution is 2.22. The lowest BCUT2D eigenvalue weighted by molar-refractivity contribution is 0.528. The molecule has 1 aromatic rings. The molecule has 1 unspecified atom stereocenters. The summed E-state index contributed by atoms with van der Waals surface area (Å²) in [6.07, 6.45) is 4.13. The van der Waals surface area contributed by atoms with Gasteiger partial charge >= 0.3 is 0 Å². The number of hydrogen-bond acceptors (Lipinski definition) is 4. The van der Waals surface area contributed by atoms with Gasteiger partial charge in [0.1, 0.15) is 9.20 Å². The molecule has 1 aromatic heterocycles. The van der Waals surface area contributed by atoms with Gasteiger partial charge in [-0.25, -0.2) is 13.1 Å². The van der Waals surface area contributed by atoms with E-state index in [9.17, 15) is 8.42 Å². The van der Waals surface area contributed by atoms with Crippen molar-refractivity contribution >= 4 is 38.6 Å². The quantitative estimate of drug-likeness (QED) is 0.570. The molecule has 108 valence electrons. The molecule has 3 N–H and O–H groups in total. The Morgan fingerprint density at radius 1 is 1.47 bits per heavy atom. The van der Waals surface area contributed by atoms with Crippen LogP contribution in [0.3, 0.4) is 0 Å². The fraction of sp³-hybridized carbons (Fsp3) is 0.583.